The number of hydroxylamine groups is 10. The lowest BCUT2D eigenvalue weighted by atomic mass is 9.84. The van der Waals surface area contributed by atoms with Crippen LogP contribution in [0, 0.1) is 13.8 Å². The molecule has 2 heterocycles. The highest BCUT2D eigenvalue weighted by Crippen LogP contribution is 2.39. The van der Waals surface area contributed by atoms with E-state index in [2.05, 4.69) is 21.3 Å². The summed E-state index contributed by atoms with van der Waals surface area (Å²) in [6.07, 6.45) is -3.12. The minimum absolute atomic E-state index is 0.00148. The maximum absolute atomic E-state index is 12.5. The third kappa shape index (κ3) is 22.9. The van der Waals surface area contributed by atoms with Crippen LogP contribution in [0.1, 0.15) is 141 Å². The summed E-state index contributed by atoms with van der Waals surface area (Å²) >= 11 is 5.67. The predicted octanol–water partition coefficient (Wildman–Crippen LogP) is 13.9. The van der Waals surface area contributed by atoms with Crippen LogP contribution in [0.4, 0.5) is 55.1 Å². The van der Waals surface area contributed by atoms with E-state index < -0.39 is 63.7 Å². The molecule has 564 valence electrons. The summed E-state index contributed by atoms with van der Waals surface area (Å²) in [6.45, 7) is 29.2. The maximum atomic E-state index is 12.5. The van der Waals surface area contributed by atoms with Crippen LogP contribution in [0.15, 0.2) is 146 Å². The van der Waals surface area contributed by atoms with Gasteiger partial charge in [0.15, 0.2) is 27.9 Å². The highest BCUT2D eigenvalue weighted by atomic mass is 35.5. The summed E-state index contributed by atoms with van der Waals surface area (Å²) in [5.41, 5.74) is 1.15. The Hall–Kier alpha value is -9.79. The summed E-state index contributed by atoms with van der Waals surface area (Å²) in [4.78, 5) is 57.2. The van der Waals surface area contributed by atoms with Gasteiger partial charge in [-0.25, -0.2) is 29.6 Å². The van der Waals surface area contributed by atoms with Crippen LogP contribution in [0.25, 0.3) is 0 Å². The number of alkyl halides is 3. The first-order valence-electron chi connectivity index (χ1n) is 32.7. The maximum Gasteiger partial charge on any atom is 0.416 e. The highest BCUT2D eigenvalue weighted by molar-refractivity contribution is 6.33. The topological polar surface area (TPSA) is 339 Å². The lowest BCUT2D eigenvalue weighted by Crippen LogP contribution is -2.54. The number of amidine groups is 2. The normalized spacial score (nSPS) is 14.2. The van der Waals surface area contributed by atoms with Gasteiger partial charge in [0.2, 0.25) is 0 Å². The number of Topliss-reactive ketones (excluding diaryl/α,β-unsaturated/α-hetero) is 1. The van der Waals surface area contributed by atoms with Gasteiger partial charge in [0.25, 0.3) is 0 Å². The molecule has 2 aliphatic heterocycles. The summed E-state index contributed by atoms with van der Waals surface area (Å²) in [7, 11) is 3.04. The fraction of sp³-hybridized carbons (Fsp3) is 0.403. The number of urea groups is 4. The molecule has 2 aliphatic rings. The number of benzene rings is 6. The number of nitrogens with one attached hydrogen (secondary N) is 4. The number of rotatable bonds is 16. The standard InChI is InChI=1S/C14H21N2O3.C13H19N2O2.C12H16N2O4.C11H12ClF3N2O2.2C11H16N2O2/c1-13(2)14(3,4)16(18)12(15(13)17)10-6-8-11(19-5)9-7-10;1-12(2)13(3,4)15(17)11(14(12)16)10-8-6-5-7-9-10;1-3-13-12(16)14(17)10-6-4-9(5-7-10)11(15)8-18-2;1-2-5-16-10(18)17(19)9-6-7(11(13,14)15)3-4-8(9)12;1-8(2)12-11(14)13(15)10-7-5-4-6-9(10)3;1-3-8-12-11(14)13(15)10-7-5-4-6-9(10)2/h6-9,17-18H,1-5H3;5-9,16-17H,1-4H3;4-7,17H,3,8H2,1-2H3,(H,13,16);3-4,6,19H,2,5H2,1H3,(H,16,18);4-8,15H,1-3H3,(H,12,14);4-7,15H,3,8H2,1-2H3,(H,12,14)/q2*+1;;;;. The van der Waals surface area contributed by atoms with E-state index in [1.54, 1.807) is 69.5 Å². The quantitative estimate of drug-likeness (QED) is 0.0141. The third-order valence-electron chi connectivity index (χ3n) is 16.8. The van der Waals surface area contributed by atoms with Gasteiger partial charge in [-0.15, -0.1) is 10.1 Å². The average molecular weight is 1470 g/mol. The van der Waals surface area contributed by atoms with Gasteiger partial charge in [0.05, 0.1) is 51.6 Å². The molecule has 103 heavy (non-hydrogen) atoms. The number of halogens is 4. The van der Waals surface area contributed by atoms with Gasteiger partial charge in [0, 0.05) is 38.3 Å². The van der Waals surface area contributed by atoms with Crippen molar-refractivity contribution in [3.05, 3.63) is 184 Å². The Labute approximate surface area is 604 Å². The van der Waals surface area contributed by atoms with E-state index in [0.29, 0.717) is 69.4 Å². The number of hydrogen-bond acceptors (Lipinski definition) is 17. The number of hydrogen-bond donors (Lipinski definition) is 12. The number of aryl methyl sites for hydroxylation is 2. The predicted molar refractivity (Wildman–Crippen MR) is 384 cm³/mol. The summed E-state index contributed by atoms with van der Waals surface area (Å²) in [6, 6.07) is 36.7. The number of ether oxygens (including phenoxy) is 2. The van der Waals surface area contributed by atoms with Crippen molar-refractivity contribution in [3.8, 4) is 5.75 Å². The second-order valence-corrected chi connectivity index (χ2v) is 25.9. The molecule has 0 unspecified atom stereocenters. The molecule has 6 aromatic carbocycles. The zero-order valence-electron chi connectivity index (χ0n) is 61.2. The van der Waals surface area contributed by atoms with Gasteiger partial charge in [-0.3, -0.25) is 25.6 Å². The lowest BCUT2D eigenvalue weighted by Gasteiger charge is -2.29. The molecular weight excluding hydrogens is 1370 g/mol. The van der Waals surface area contributed by atoms with Crippen LogP contribution >= 0.6 is 11.6 Å². The fourth-order valence-electron chi connectivity index (χ4n) is 9.14. The van der Waals surface area contributed by atoms with E-state index in [1.807, 2.05) is 145 Å². The van der Waals surface area contributed by atoms with Crippen LogP contribution in [-0.2, 0) is 10.9 Å². The van der Waals surface area contributed by atoms with Crippen molar-refractivity contribution in [2.24, 2.45) is 0 Å². The smallest absolute Gasteiger partial charge is 0.416 e. The summed E-state index contributed by atoms with van der Waals surface area (Å²) in [5.74, 6) is 1.36. The van der Waals surface area contributed by atoms with Gasteiger partial charge in [-0.1, -0.05) is 89.5 Å². The zero-order chi connectivity index (χ0) is 78.1. The Balaban J connectivity index is 0.000000322. The SMILES string of the molecule is CC1(C)N(O)C(c2ccccc2)=[N+](O)C1(C)C.CCCNC(=O)N(O)c1cc(C(F)(F)F)ccc1Cl.CCCNC(=O)N(O)c1ccccc1C.CCNC(=O)N(O)c1ccc(C(=O)COC)cc1.COc1ccc(C2=[N+](O)C(C)(C)C(C)(C)N2O)cc1.Cc1ccccc1N(O)C(=O)NC(C)C. The monoisotopic (exact) mass is 1460 g/mol. The molecule has 0 atom stereocenters. The molecule has 0 aliphatic carbocycles. The van der Waals surface area contributed by atoms with Crippen molar-refractivity contribution in [1.82, 2.24) is 31.4 Å². The number of para-hydroxylation sites is 2. The molecule has 0 saturated carbocycles. The van der Waals surface area contributed by atoms with E-state index in [9.17, 15) is 78.8 Å². The number of anilines is 4. The van der Waals surface area contributed by atoms with Crippen LogP contribution in [0.5, 0.6) is 5.75 Å². The molecule has 0 radical (unpaired) electrons. The molecule has 0 spiro atoms. The van der Waals surface area contributed by atoms with Gasteiger partial charge >= 0.3 is 42.0 Å². The Bertz CT molecular complexity index is 3830. The molecule has 6 aromatic rings. The molecule has 0 saturated heterocycles. The highest BCUT2D eigenvalue weighted by Gasteiger charge is 2.63. The van der Waals surface area contributed by atoms with Crippen molar-refractivity contribution < 1.29 is 97.8 Å². The van der Waals surface area contributed by atoms with Crippen molar-refractivity contribution >= 4 is 75.9 Å². The van der Waals surface area contributed by atoms with Crippen molar-refractivity contribution in [2.45, 2.75) is 151 Å². The van der Waals surface area contributed by atoms with Crippen LogP contribution in [0.3, 0.4) is 0 Å². The number of ketones is 1. The van der Waals surface area contributed by atoms with Crippen LogP contribution in [0.2, 0.25) is 5.02 Å². The molecule has 12 N–H and O–H groups in total. The molecular formula is C72H100ClF3N12O15+2. The fourth-order valence-corrected chi connectivity index (χ4v) is 9.34. The number of carbonyl (C=O) groups excluding carboxylic acids is 5. The van der Waals surface area contributed by atoms with E-state index in [0.717, 1.165) is 66.2 Å². The van der Waals surface area contributed by atoms with Gasteiger partial charge in [-0.2, -0.15) is 33.4 Å². The Morgan fingerprint density at radius 1 is 0.553 bits per heavy atom. The minimum atomic E-state index is -4.58. The average Bonchev–Trinajstić information content (AvgIpc) is 1.58. The Kier molecular flexibility index (Phi) is 33.1. The number of carbonyl (C=O) groups is 5. The Morgan fingerprint density at radius 2 is 0.961 bits per heavy atom. The van der Waals surface area contributed by atoms with E-state index >= 15 is 0 Å². The molecule has 8 amide bonds. The second-order valence-electron chi connectivity index (χ2n) is 25.5. The number of methoxy groups -OCH3 is 2. The van der Waals surface area contributed by atoms with E-state index in [1.165, 1.54) is 31.4 Å². The van der Waals surface area contributed by atoms with Crippen molar-refractivity contribution in [1.29, 1.82) is 0 Å². The van der Waals surface area contributed by atoms with Gasteiger partial charge in [0.1, 0.15) is 12.4 Å². The molecule has 0 fully saturated rings. The molecule has 27 nitrogen and oxygen atoms in total. The summed E-state index contributed by atoms with van der Waals surface area (Å²) < 4.78 is 49.7. The molecule has 31 heteroatoms. The summed E-state index contributed by atoms with van der Waals surface area (Å²) in [5, 5.41) is 93.5. The minimum Gasteiger partial charge on any atom is -0.497 e. The van der Waals surface area contributed by atoms with Crippen LogP contribution in [-0.4, -0.2) is 171 Å². The molecule has 0 bridgehead atoms. The van der Waals surface area contributed by atoms with Crippen LogP contribution < -0.4 is 46.3 Å². The van der Waals surface area contributed by atoms with E-state index in [-0.39, 0.29) is 40.7 Å². The van der Waals surface area contributed by atoms with E-state index in [4.69, 9.17) is 21.1 Å². The Morgan fingerprint density at radius 3 is 1.34 bits per heavy atom. The number of nitrogens with zero attached hydrogens (tertiary/aromatic N) is 8. The molecule has 0 aromatic heterocycles. The van der Waals surface area contributed by atoms with Gasteiger partial charge < -0.3 is 41.2 Å². The van der Waals surface area contributed by atoms with Crippen molar-refractivity contribution in [2.75, 3.05) is 60.7 Å². The largest absolute Gasteiger partial charge is 0.497 e. The number of amides is 8. The first kappa shape index (κ1) is 87.4. The van der Waals surface area contributed by atoms with Crippen molar-refractivity contribution in [3.63, 3.8) is 0 Å². The first-order chi connectivity index (χ1) is 48.1. The zero-order valence-corrected chi connectivity index (χ0v) is 62.0. The third-order valence-corrected chi connectivity index (χ3v) is 17.1. The second kappa shape index (κ2) is 39.0. The lowest BCUT2D eigenvalue weighted by molar-refractivity contribution is -0.820. The van der Waals surface area contributed by atoms with Gasteiger partial charge in [-0.05, 0) is 205 Å². The molecule has 8 rings (SSSR count). The first-order valence-corrected chi connectivity index (χ1v) is 33.1.